The predicted molar refractivity (Wildman–Crippen MR) is 35.4 cm³/mol. The van der Waals surface area contributed by atoms with Gasteiger partial charge in [0, 0.05) is 6.42 Å². The van der Waals surface area contributed by atoms with Crippen molar-refractivity contribution >= 4 is 0 Å². The Bertz CT molecular complexity index is 83.8. The summed E-state index contributed by atoms with van der Waals surface area (Å²) in [6.07, 6.45) is -2.75. The van der Waals surface area contributed by atoms with E-state index in [1.165, 1.54) is 6.92 Å². The fourth-order valence-corrected chi connectivity index (χ4v) is 0.628. The number of rotatable bonds is 4. The first kappa shape index (κ1) is 9.84. The Balaban J connectivity index is 3.50. The van der Waals surface area contributed by atoms with Crippen LogP contribution in [0.1, 0.15) is 13.3 Å². The molecule has 0 aliphatic rings. The highest BCUT2D eigenvalue weighted by Crippen LogP contribution is 2.01. The van der Waals surface area contributed by atoms with Crippen molar-refractivity contribution in [3.05, 3.63) is 0 Å². The highest BCUT2D eigenvalue weighted by molar-refractivity contribution is 4.67. The van der Waals surface area contributed by atoms with Gasteiger partial charge in [0.15, 0.2) is 0 Å². The standard InChI is InChI=1S/C6H14O4/c1-4(8)2-5(9)6(10)3-7/h4-10H,2-3H2,1H3/t4-,5-,6+/m0/s1. The Morgan fingerprint density at radius 2 is 1.60 bits per heavy atom. The molecule has 4 nitrogen and oxygen atoms in total. The van der Waals surface area contributed by atoms with Crippen LogP contribution < -0.4 is 0 Å². The monoisotopic (exact) mass is 150 g/mol. The maximum Gasteiger partial charge on any atom is 0.103 e. The van der Waals surface area contributed by atoms with Crippen molar-refractivity contribution in [3.8, 4) is 0 Å². The number of aliphatic hydroxyl groups is 4. The lowest BCUT2D eigenvalue weighted by molar-refractivity contribution is -0.0338. The van der Waals surface area contributed by atoms with E-state index in [1.54, 1.807) is 0 Å². The number of hydrogen-bond acceptors (Lipinski definition) is 4. The molecule has 0 radical (unpaired) electrons. The van der Waals surface area contributed by atoms with Gasteiger partial charge in [-0.25, -0.2) is 0 Å². The third kappa shape index (κ3) is 3.79. The molecule has 0 saturated carbocycles. The minimum Gasteiger partial charge on any atom is -0.394 e. The molecule has 0 bridgehead atoms. The Morgan fingerprint density at radius 3 is 1.90 bits per heavy atom. The molecule has 4 heteroatoms. The van der Waals surface area contributed by atoms with E-state index in [4.69, 9.17) is 20.4 Å². The van der Waals surface area contributed by atoms with E-state index < -0.39 is 24.9 Å². The first-order valence-corrected chi connectivity index (χ1v) is 3.23. The van der Waals surface area contributed by atoms with Crippen molar-refractivity contribution in [1.82, 2.24) is 0 Å². The number of hydrogen-bond donors (Lipinski definition) is 4. The predicted octanol–water partition coefficient (Wildman–Crippen LogP) is -1.53. The molecule has 0 aromatic heterocycles. The van der Waals surface area contributed by atoms with Gasteiger partial charge in [-0.1, -0.05) is 0 Å². The van der Waals surface area contributed by atoms with Gasteiger partial charge in [0.05, 0.1) is 18.8 Å². The summed E-state index contributed by atoms with van der Waals surface area (Å²) in [6, 6.07) is 0. The highest BCUT2D eigenvalue weighted by atomic mass is 16.4. The molecule has 0 spiro atoms. The average Bonchev–Trinajstić information content (AvgIpc) is 1.85. The van der Waals surface area contributed by atoms with Gasteiger partial charge in [0.1, 0.15) is 6.10 Å². The largest absolute Gasteiger partial charge is 0.394 e. The highest BCUT2D eigenvalue weighted by Gasteiger charge is 2.16. The minimum absolute atomic E-state index is 0.0850. The van der Waals surface area contributed by atoms with Crippen molar-refractivity contribution in [2.75, 3.05) is 6.61 Å². The van der Waals surface area contributed by atoms with E-state index in [0.717, 1.165) is 0 Å². The zero-order valence-electron chi connectivity index (χ0n) is 5.94. The molecule has 62 valence electrons. The summed E-state index contributed by atoms with van der Waals surface area (Å²) < 4.78 is 0. The van der Waals surface area contributed by atoms with Crippen LogP contribution in [-0.2, 0) is 0 Å². The van der Waals surface area contributed by atoms with Crippen molar-refractivity contribution in [3.63, 3.8) is 0 Å². The Kier molecular flexibility index (Phi) is 4.55. The fraction of sp³-hybridized carbons (Fsp3) is 1.00. The van der Waals surface area contributed by atoms with Gasteiger partial charge in [0.2, 0.25) is 0 Å². The van der Waals surface area contributed by atoms with Crippen molar-refractivity contribution in [2.24, 2.45) is 0 Å². The maximum atomic E-state index is 8.92. The molecular formula is C6H14O4. The zero-order chi connectivity index (χ0) is 8.15. The summed E-state index contributed by atoms with van der Waals surface area (Å²) in [5.74, 6) is 0. The van der Waals surface area contributed by atoms with E-state index in [9.17, 15) is 0 Å². The normalized spacial score (nSPS) is 20.1. The Labute approximate surface area is 59.7 Å². The van der Waals surface area contributed by atoms with Crippen LogP contribution in [0, 0.1) is 0 Å². The smallest absolute Gasteiger partial charge is 0.103 e. The van der Waals surface area contributed by atoms with E-state index >= 15 is 0 Å². The van der Waals surface area contributed by atoms with Gasteiger partial charge in [-0.15, -0.1) is 0 Å². The van der Waals surface area contributed by atoms with Gasteiger partial charge in [0.25, 0.3) is 0 Å². The van der Waals surface area contributed by atoms with Crippen molar-refractivity contribution in [2.45, 2.75) is 31.7 Å². The molecule has 0 amide bonds. The molecule has 0 saturated heterocycles. The van der Waals surface area contributed by atoms with E-state index in [-0.39, 0.29) is 6.42 Å². The first-order chi connectivity index (χ1) is 4.57. The van der Waals surface area contributed by atoms with Gasteiger partial charge >= 0.3 is 0 Å². The van der Waals surface area contributed by atoms with Gasteiger partial charge in [-0.3, -0.25) is 0 Å². The molecular weight excluding hydrogens is 136 g/mol. The third-order valence-corrected chi connectivity index (χ3v) is 1.21. The van der Waals surface area contributed by atoms with Crippen molar-refractivity contribution < 1.29 is 20.4 Å². The van der Waals surface area contributed by atoms with E-state index in [0.29, 0.717) is 0 Å². The number of aliphatic hydroxyl groups excluding tert-OH is 4. The van der Waals surface area contributed by atoms with Crippen LogP contribution in [0.25, 0.3) is 0 Å². The van der Waals surface area contributed by atoms with Crippen LogP contribution in [0.3, 0.4) is 0 Å². The molecule has 4 N–H and O–H groups in total. The molecule has 0 aliphatic carbocycles. The SMILES string of the molecule is C[C@H](O)C[C@H](O)[C@H](O)CO. The van der Waals surface area contributed by atoms with Crippen LogP contribution in [0.5, 0.6) is 0 Å². The second-order valence-electron chi connectivity index (χ2n) is 2.40. The van der Waals surface area contributed by atoms with Crippen LogP contribution in [0.2, 0.25) is 0 Å². The molecule has 0 aromatic rings. The Morgan fingerprint density at radius 1 is 1.10 bits per heavy atom. The topological polar surface area (TPSA) is 80.9 Å². The van der Waals surface area contributed by atoms with Crippen LogP contribution in [0.4, 0.5) is 0 Å². The second-order valence-corrected chi connectivity index (χ2v) is 2.40. The quantitative estimate of drug-likeness (QED) is 0.392. The summed E-state index contributed by atoms with van der Waals surface area (Å²) in [5.41, 5.74) is 0. The maximum absolute atomic E-state index is 8.92. The lowest BCUT2D eigenvalue weighted by Gasteiger charge is -2.16. The summed E-state index contributed by atoms with van der Waals surface area (Å²) in [5, 5.41) is 34.7. The van der Waals surface area contributed by atoms with Gasteiger partial charge in [-0.2, -0.15) is 0 Å². The lowest BCUT2D eigenvalue weighted by Crippen LogP contribution is -2.31. The lowest BCUT2D eigenvalue weighted by atomic mass is 10.1. The fourth-order valence-electron chi connectivity index (χ4n) is 0.628. The molecule has 0 aromatic carbocycles. The van der Waals surface area contributed by atoms with Gasteiger partial charge < -0.3 is 20.4 Å². The molecule has 0 fully saturated rings. The molecule has 3 atom stereocenters. The average molecular weight is 150 g/mol. The van der Waals surface area contributed by atoms with Crippen LogP contribution >= 0.6 is 0 Å². The van der Waals surface area contributed by atoms with Crippen molar-refractivity contribution in [1.29, 1.82) is 0 Å². The molecule has 0 heterocycles. The van der Waals surface area contributed by atoms with E-state index in [2.05, 4.69) is 0 Å². The second kappa shape index (κ2) is 4.62. The van der Waals surface area contributed by atoms with Crippen LogP contribution in [-0.4, -0.2) is 45.3 Å². The summed E-state index contributed by atoms with van der Waals surface area (Å²) >= 11 is 0. The molecule has 0 rings (SSSR count). The first-order valence-electron chi connectivity index (χ1n) is 3.23. The van der Waals surface area contributed by atoms with Gasteiger partial charge in [-0.05, 0) is 6.92 Å². The molecule has 10 heavy (non-hydrogen) atoms. The molecule has 0 aliphatic heterocycles. The summed E-state index contributed by atoms with van der Waals surface area (Å²) in [7, 11) is 0. The minimum atomic E-state index is -1.14. The summed E-state index contributed by atoms with van der Waals surface area (Å²) in [6.45, 7) is 1.03. The molecule has 0 unspecified atom stereocenters. The Hall–Kier alpha value is -0.160. The summed E-state index contributed by atoms with van der Waals surface area (Å²) in [4.78, 5) is 0. The van der Waals surface area contributed by atoms with E-state index in [1.807, 2.05) is 0 Å². The zero-order valence-corrected chi connectivity index (χ0v) is 5.94. The third-order valence-electron chi connectivity index (χ3n) is 1.21. The van der Waals surface area contributed by atoms with Crippen LogP contribution in [0.15, 0.2) is 0 Å².